The van der Waals surface area contributed by atoms with Crippen molar-refractivity contribution in [2.45, 2.75) is 13.0 Å². The molecule has 0 unspecified atom stereocenters. The standard InChI is InChI=1S/C13H17N3O/c1-16-8-7-15-13(16)6-9-17-12-5-3-2-4-11(12)10-14/h2-5,7-8H,6,9-10,14H2,1H3. The van der Waals surface area contributed by atoms with E-state index in [9.17, 15) is 0 Å². The number of hydrogen-bond acceptors (Lipinski definition) is 3. The van der Waals surface area contributed by atoms with Gasteiger partial charge >= 0.3 is 0 Å². The summed E-state index contributed by atoms with van der Waals surface area (Å²) >= 11 is 0. The highest BCUT2D eigenvalue weighted by Crippen LogP contribution is 2.17. The predicted molar refractivity (Wildman–Crippen MR) is 66.7 cm³/mol. The van der Waals surface area contributed by atoms with E-state index in [1.54, 1.807) is 6.20 Å². The third-order valence-electron chi connectivity index (χ3n) is 2.70. The Morgan fingerprint density at radius 3 is 2.88 bits per heavy atom. The van der Waals surface area contributed by atoms with Gasteiger partial charge in [-0.15, -0.1) is 0 Å². The van der Waals surface area contributed by atoms with Crippen molar-refractivity contribution in [2.24, 2.45) is 12.8 Å². The zero-order valence-electron chi connectivity index (χ0n) is 9.97. The fraction of sp³-hybridized carbons (Fsp3) is 0.308. The van der Waals surface area contributed by atoms with Gasteiger partial charge in [0.15, 0.2) is 0 Å². The first-order valence-corrected chi connectivity index (χ1v) is 5.68. The van der Waals surface area contributed by atoms with Crippen LogP contribution in [0.1, 0.15) is 11.4 Å². The first kappa shape index (κ1) is 11.7. The second-order valence-electron chi connectivity index (χ2n) is 3.86. The van der Waals surface area contributed by atoms with Crippen molar-refractivity contribution in [3.05, 3.63) is 48.0 Å². The minimum atomic E-state index is 0.499. The highest BCUT2D eigenvalue weighted by atomic mass is 16.5. The van der Waals surface area contributed by atoms with Crippen LogP contribution in [0.15, 0.2) is 36.7 Å². The monoisotopic (exact) mass is 231 g/mol. The molecule has 0 aliphatic heterocycles. The molecule has 90 valence electrons. The maximum Gasteiger partial charge on any atom is 0.123 e. The van der Waals surface area contributed by atoms with Crippen molar-refractivity contribution >= 4 is 0 Å². The van der Waals surface area contributed by atoms with Crippen molar-refractivity contribution in [3.8, 4) is 5.75 Å². The number of rotatable bonds is 5. The van der Waals surface area contributed by atoms with Gasteiger partial charge in [0.2, 0.25) is 0 Å². The minimum Gasteiger partial charge on any atom is -0.493 e. The zero-order chi connectivity index (χ0) is 12.1. The Hall–Kier alpha value is -1.81. The third-order valence-corrected chi connectivity index (χ3v) is 2.70. The number of imidazole rings is 1. The van der Waals surface area contributed by atoms with E-state index in [4.69, 9.17) is 10.5 Å². The number of para-hydroxylation sites is 1. The lowest BCUT2D eigenvalue weighted by Crippen LogP contribution is -2.08. The molecule has 0 radical (unpaired) electrons. The van der Waals surface area contributed by atoms with Crippen molar-refractivity contribution in [3.63, 3.8) is 0 Å². The quantitative estimate of drug-likeness (QED) is 0.848. The maximum atomic E-state index is 5.72. The number of aryl methyl sites for hydroxylation is 1. The van der Waals surface area contributed by atoms with Gasteiger partial charge in [-0.2, -0.15) is 0 Å². The Balaban J connectivity index is 1.92. The lowest BCUT2D eigenvalue weighted by molar-refractivity contribution is 0.314. The number of aromatic nitrogens is 2. The second kappa shape index (κ2) is 5.50. The normalized spacial score (nSPS) is 10.5. The molecule has 1 aromatic carbocycles. The van der Waals surface area contributed by atoms with Crippen molar-refractivity contribution in [2.75, 3.05) is 6.61 Å². The van der Waals surface area contributed by atoms with Gasteiger partial charge in [0, 0.05) is 38.0 Å². The Labute approximate surface area is 101 Å². The lowest BCUT2D eigenvalue weighted by Gasteiger charge is -2.09. The number of benzene rings is 1. The molecule has 0 amide bonds. The summed E-state index contributed by atoms with van der Waals surface area (Å²) in [6, 6.07) is 7.85. The topological polar surface area (TPSA) is 53.1 Å². The molecule has 0 bridgehead atoms. The van der Waals surface area contributed by atoms with Crippen LogP contribution in [-0.2, 0) is 20.0 Å². The maximum absolute atomic E-state index is 5.72. The predicted octanol–water partition coefficient (Wildman–Crippen LogP) is 1.50. The van der Waals surface area contributed by atoms with Gasteiger partial charge in [-0.3, -0.25) is 0 Å². The average Bonchev–Trinajstić information content (AvgIpc) is 2.76. The van der Waals surface area contributed by atoms with Gasteiger partial charge in [0.25, 0.3) is 0 Å². The molecule has 0 atom stereocenters. The van der Waals surface area contributed by atoms with Crippen LogP contribution in [0.5, 0.6) is 5.75 Å². The summed E-state index contributed by atoms with van der Waals surface area (Å²) < 4.78 is 7.72. The van der Waals surface area contributed by atoms with Crippen LogP contribution in [-0.4, -0.2) is 16.2 Å². The van der Waals surface area contributed by atoms with Crippen LogP contribution in [0.25, 0.3) is 0 Å². The van der Waals surface area contributed by atoms with Gasteiger partial charge in [-0.1, -0.05) is 18.2 Å². The van der Waals surface area contributed by atoms with Gasteiger partial charge in [0.1, 0.15) is 11.6 Å². The van der Waals surface area contributed by atoms with E-state index in [2.05, 4.69) is 4.98 Å². The molecule has 2 N–H and O–H groups in total. The van der Waals surface area contributed by atoms with Crippen LogP contribution < -0.4 is 10.5 Å². The smallest absolute Gasteiger partial charge is 0.123 e. The highest BCUT2D eigenvalue weighted by molar-refractivity contribution is 5.32. The van der Waals surface area contributed by atoms with Gasteiger partial charge < -0.3 is 15.0 Å². The summed E-state index contributed by atoms with van der Waals surface area (Å²) in [4.78, 5) is 4.25. The molecule has 2 aromatic rings. The van der Waals surface area contributed by atoms with Crippen LogP contribution in [0.2, 0.25) is 0 Å². The van der Waals surface area contributed by atoms with E-state index < -0.39 is 0 Å². The molecule has 2 rings (SSSR count). The summed E-state index contributed by atoms with van der Waals surface area (Å²) in [5, 5.41) is 0. The third kappa shape index (κ3) is 2.85. The van der Waals surface area contributed by atoms with Crippen molar-refractivity contribution < 1.29 is 4.74 Å². The Morgan fingerprint density at radius 1 is 1.35 bits per heavy atom. The Kier molecular flexibility index (Phi) is 3.77. The SMILES string of the molecule is Cn1ccnc1CCOc1ccccc1CN. The highest BCUT2D eigenvalue weighted by Gasteiger charge is 2.02. The summed E-state index contributed by atoms with van der Waals surface area (Å²) in [7, 11) is 1.98. The van der Waals surface area contributed by atoms with Crippen LogP contribution in [0.3, 0.4) is 0 Å². The van der Waals surface area contributed by atoms with E-state index in [1.807, 2.05) is 42.1 Å². The lowest BCUT2D eigenvalue weighted by atomic mass is 10.2. The molecule has 17 heavy (non-hydrogen) atoms. The van der Waals surface area contributed by atoms with Crippen LogP contribution in [0.4, 0.5) is 0 Å². The number of nitrogens with zero attached hydrogens (tertiary/aromatic N) is 2. The fourth-order valence-electron chi connectivity index (χ4n) is 1.70. The van der Waals surface area contributed by atoms with Crippen molar-refractivity contribution in [1.29, 1.82) is 0 Å². The zero-order valence-corrected chi connectivity index (χ0v) is 9.97. The molecular formula is C13H17N3O. The molecule has 0 spiro atoms. The first-order valence-electron chi connectivity index (χ1n) is 5.68. The largest absolute Gasteiger partial charge is 0.493 e. The Bertz CT molecular complexity index is 479. The van der Waals surface area contributed by atoms with Gasteiger partial charge in [-0.25, -0.2) is 4.98 Å². The number of ether oxygens (including phenoxy) is 1. The molecule has 0 saturated heterocycles. The van der Waals surface area contributed by atoms with E-state index >= 15 is 0 Å². The summed E-state index contributed by atoms with van der Waals surface area (Å²) in [5.74, 6) is 1.89. The molecular weight excluding hydrogens is 214 g/mol. The number of hydrogen-bond donors (Lipinski definition) is 1. The summed E-state index contributed by atoms with van der Waals surface area (Å²) in [6.07, 6.45) is 4.52. The molecule has 1 aromatic heterocycles. The van der Waals surface area contributed by atoms with Crippen LogP contribution in [0, 0.1) is 0 Å². The van der Waals surface area contributed by atoms with Crippen molar-refractivity contribution in [1.82, 2.24) is 9.55 Å². The average molecular weight is 231 g/mol. The molecule has 4 nitrogen and oxygen atoms in total. The summed E-state index contributed by atoms with van der Waals surface area (Å²) in [5.41, 5.74) is 6.68. The van der Waals surface area contributed by atoms with Crippen LogP contribution >= 0.6 is 0 Å². The van der Waals surface area contributed by atoms with E-state index in [0.717, 1.165) is 23.6 Å². The first-order chi connectivity index (χ1) is 8.31. The molecule has 1 heterocycles. The molecule has 0 saturated carbocycles. The summed E-state index contributed by atoms with van der Waals surface area (Å²) in [6.45, 7) is 1.11. The molecule has 4 heteroatoms. The second-order valence-corrected chi connectivity index (χ2v) is 3.86. The van der Waals surface area contributed by atoms with E-state index in [-0.39, 0.29) is 0 Å². The molecule has 0 aliphatic rings. The number of nitrogens with two attached hydrogens (primary N) is 1. The molecule has 0 fully saturated rings. The Morgan fingerprint density at radius 2 is 2.18 bits per heavy atom. The van der Waals surface area contributed by atoms with E-state index in [0.29, 0.717) is 13.2 Å². The fourth-order valence-corrected chi connectivity index (χ4v) is 1.70. The minimum absolute atomic E-state index is 0.499. The van der Waals surface area contributed by atoms with E-state index in [1.165, 1.54) is 0 Å². The molecule has 0 aliphatic carbocycles. The van der Waals surface area contributed by atoms with Gasteiger partial charge in [0.05, 0.1) is 6.61 Å². The van der Waals surface area contributed by atoms with Gasteiger partial charge in [-0.05, 0) is 6.07 Å².